The van der Waals surface area contributed by atoms with Crippen molar-refractivity contribution in [2.75, 3.05) is 18.4 Å². The summed E-state index contributed by atoms with van der Waals surface area (Å²) in [6.07, 6.45) is 13.5. The van der Waals surface area contributed by atoms with Crippen LogP contribution in [0.4, 0.5) is 5.82 Å². The van der Waals surface area contributed by atoms with Crippen LogP contribution in [0.3, 0.4) is 0 Å². The van der Waals surface area contributed by atoms with Crippen LogP contribution < -0.4 is 10.6 Å². The number of nitrogens with one attached hydrogen (secondary N) is 2. The fourth-order valence-corrected chi connectivity index (χ4v) is 5.15. The van der Waals surface area contributed by atoms with Crippen LogP contribution in [0.1, 0.15) is 74.7 Å². The van der Waals surface area contributed by atoms with Crippen molar-refractivity contribution in [3.05, 3.63) is 47.7 Å². The summed E-state index contributed by atoms with van der Waals surface area (Å²) in [5, 5.41) is 15.8. The Balaban J connectivity index is 1.14. The molecule has 2 aromatic rings. The van der Waals surface area contributed by atoms with Crippen LogP contribution in [-0.4, -0.2) is 62.0 Å². The van der Waals surface area contributed by atoms with Gasteiger partial charge in [0.05, 0.1) is 11.7 Å². The molecule has 194 valence electrons. The molecular formula is C27H38N6O3. The molecule has 1 fully saturated rings. The van der Waals surface area contributed by atoms with Gasteiger partial charge in [-0.2, -0.15) is 0 Å². The van der Waals surface area contributed by atoms with Gasteiger partial charge in [0, 0.05) is 25.0 Å². The molecular weight excluding hydrogens is 456 g/mol. The van der Waals surface area contributed by atoms with E-state index in [-0.39, 0.29) is 11.9 Å². The van der Waals surface area contributed by atoms with Crippen LogP contribution in [0.15, 0.2) is 30.7 Å². The van der Waals surface area contributed by atoms with Gasteiger partial charge in [0.1, 0.15) is 18.2 Å². The number of aliphatic carboxylic acids is 1. The Morgan fingerprint density at radius 1 is 1.11 bits per heavy atom. The largest absolute Gasteiger partial charge is 0.480 e. The Morgan fingerprint density at radius 3 is 2.81 bits per heavy atom. The normalized spacial score (nSPS) is 18.3. The molecule has 3 N–H and O–H groups in total. The molecule has 0 bridgehead atoms. The number of carboxylic acids is 1. The fraction of sp³-hybridized carbons (Fsp3) is 0.593. The van der Waals surface area contributed by atoms with Crippen molar-refractivity contribution in [2.45, 2.75) is 89.3 Å². The van der Waals surface area contributed by atoms with Crippen molar-refractivity contribution < 1.29 is 14.7 Å². The fourth-order valence-electron chi connectivity index (χ4n) is 5.15. The highest BCUT2D eigenvalue weighted by Gasteiger charge is 2.33. The van der Waals surface area contributed by atoms with E-state index < -0.39 is 12.0 Å². The summed E-state index contributed by atoms with van der Waals surface area (Å²) in [4.78, 5) is 39.7. The lowest BCUT2D eigenvalue weighted by Gasteiger charge is -2.25. The van der Waals surface area contributed by atoms with Gasteiger partial charge >= 0.3 is 5.97 Å². The third-order valence-electron chi connectivity index (χ3n) is 7.17. The standard InChI is InChI=1S/C27H38N6O3/c34-26(24-11-7-17-33(24)18-22-14-16-28-19-30-22)32-23(27(35)36)10-5-3-1-2-4-9-21-13-12-20-8-6-15-29-25(20)31-21/h12-14,16,19,23-24H,1-11,15,17-18H2,(H,29,31)(H,32,34)(H,35,36)/t23?,24-/m0/s1. The molecule has 9 nitrogen and oxygen atoms in total. The molecule has 2 aliphatic heterocycles. The number of unbranched alkanes of at least 4 members (excludes halogenated alkanes) is 4. The van der Waals surface area contributed by atoms with E-state index in [4.69, 9.17) is 4.98 Å². The number of likely N-dealkylation sites (tertiary alicyclic amines) is 1. The molecule has 4 rings (SSSR count). The van der Waals surface area contributed by atoms with Gasteiger partial charge in [-0.25, -0.2) is 19.7 Å². The van der Waals surface area contributed by atoms with Gasteiger partial charge in [-0.05, 0) is 69.2 Å². The highest BCUT2D eigenvalue weighted by Crippen LogP contribution is 2.21. The predicted octanol–water partition coefficient (Wildman–Crippen LogP) is 3.35. The average Bonchev–Trinajstić information content (AvgIpc) is 3.36. The van der Waals surface area contributed by atoms with Crippen LogP contribution in [0.5, 0.6) is 0 Å². The van der Waals surface area contributed by atoms with E-state index in [1.54, 1.807) is 6.20 Å². The zero-order chi connectivity index (χ0) is 25.2. The van der Waals surface area contributed by atoms with Gasteiger partial charge in [-0.1, -0.05) is 31.7 Å². The first-order valence-corrected chi connectivity index (χ1v) is 13.3. The van der Waals surface area contributed by atoms with Gasteiger partial charge in [-0.3, -0.25) is 9.69 Å². The molecule has 2 aliphatic rings. The number of carbonyl (C=O) groups excluding carboxylic acids is 1. The monoisotopic (exact) mass is 494 g/mol. The number of aromatic nitrogens is 3. The maximum atomic E-state index is 12.9. The van der Waals surface area contributed by atoms with E-state index in [0.29, 0.717) is 13.0 Å². The first-order chi connectivity index (χ1) is 17.6. The molecule has 2 aromatic heterocycles. The third-order valence-corrected chi connectivity index (χ3v) is 7.17. The highest BCUT2D eigenvalue weighted by atomic mass is 16.4. The number of carbonyl (C=O) groups is 2. The summed E-state index contributed by atoms with van der Waals surface area (Å²) in [5.41, 5.74) is 3.31. The highest BCUT2D eigenvalue weighted by molar-refractivity contribution is 5.87. The number of nitrogens with zero attached hydrogens (tertiary/aromatic N) is 4. The summed E-state index contributed by atoms with van der Waals surface area (Å²) in [6, 6.07) is 5.03. The number of amides is 1. The van der Waals surface area contributed by atoms with Crippen molar-refractivity contribution in [3.63, 3.8) is 0 Å². The number of rotatable bonds is 13. The number of pyridine rings is 1. The zero-order valence-electron chi connectivity index (χ0n) is 21.0. The topological polar surface area (TPSA) is 120 Å². The molecule has 4 heterocycles. The van der Waals surface area contributed by atoms with E-state index in [9.17, 15) is 14.7 Å². The Hall–Kier alpha value is -3.07. The number of fused-ring (bicyclic) bond motifs is 1. The Morgan fingerprint density at radius 2 is 1.97 bits per heavy atom. The average molecular weight is 495 g/mol. The molecule has 9 heteroatoms. The van der Waals surface area contributed by atoms with Crippen molar-refractivity contribution in [2.24, 2.45) is 0 Å². The molecule has 0 spiro atoms. The summed E-state index contributed by atoms with van der Waals surface area (Å²) in [6.45, 7) is 2.37. The summed E-state index contributed by atoms with van der Waals surface area (Å²) >= 11 is 0. The molecule has 1 saturated heterocycles. The number of aryl methyl sites for hydroxylation is 2. The van der Waals surface area contributed by atoms with Crippen molar-refractivity contribution in [3.8, 4) is 0 Å². The lowest BCUT2D eigenvalue weighted by atomic mass is 10.0. The molecule has 36 heavy (non-hydrogen) atoms. The van der Waals surface area contributed by atoms with E-state index in [1.165, 1.54) is 18.3 Å². The zero-order valence-corrected chi connectivity index (χ0v) is 21.0. The van der Waals surface area contributed by atoms with Gasteiger partial charge < -0.3 is 15.7 Å². The summed E-state index contributed by atoms with van der Waals surface area (Å²) in [5.74, 6) is -0.105. The van der Waals surface area contributed by atoms with E-state index in [2.05, 4.69) is 37.6 Å². The first kappa shape index (κ1) is 26.0. The van der Waals surface area contributed by atoms with Crippen LogP contribution in [0, 0.1) is 0 Å². The smallest absolute Gasteiger partial charge is 0.326 e. The van der Waals surface area contributed by atoms with Crippen LogP contribution in [-0.2, 0) is 29.0 Å². The molecule has 0 aliphatic carbocycles. The minimum atomic E-state index is -0.962. The Kier molecular flexibility index (Phi) is 9.61. The summed E-state index contributed by atoms with van der Waals surface area (Å²) in [7, 11) is 0. The molecule has 0 aromatic carbocycles. The molecule has 0 radical (unpaired) electrons. The molecule has 1 amide bonds. The van der Waals surface area contributed by atoms with E-state index in [1.807, 2.05) is 6.07 Å². The van der Waals surface area contributed by atoms with Crippen LogP contribution in [0.25, 0.3) is 0 Å². The van der Waals surface area contributed by atoms with Crippen LogP contribution in [0.2, 0.25) is 0 Å². The minimum Gasteiger partial charge on any atom is -0.480 e. The van der Waals surface area contributed by atoms with Crippen LogP contribution >= 0.6 is 0 Å². The SMILES string of the molecule is O=C(O)C(CCCCCCCc1ccc2c(n1)NCCC2)NC(=O)[C@@H]1CCCN1Cc1ccncn1. The van der Waals surface area contributed by atoms with Crippen molar-refractivity contribution >= 4 is 17.7 Å². The van der Waals surface area contributed by atoms with Crippen molar-refractivity contribution in [1.82, 2.24) is 25.2 Å². The van der Waals surface area contributed by atoms with Gasteiger partial charge in [0.25, 0.3) is 0 Å². The van der Waals surface area contributed by atoms with Gasteiger partial charge in [-0.15, -0.1) is 0 Å². The maximum Gasteiger partial charge on any atom is 0.326 e. The van der Waals surface area contributed by atoms with Gasteiger partial charge in [0.15, 0.2) is 0 Å². The number of hydrogen-bond donors (Lipinski definition) is 3. The second kappa shape index (κ2) is 13.3. The number of carboxylic acid groups (broad SMARTS) is 1. The van der Waals surface area contributed by atoms with E-state index >= 15 is 0 Å². The Labute approximate surface area is 213 Å². The first-order valence-electron chi connectivity index (χ1n) is 13.3. The molecule has 2 atom stereocenters. The molecule has 1 unspecified atom stereocenters. The number of hydrogen-bond acceptors (Lipinski definition) is 7. The lowest BCUT2D eigenvalue weighted by Crippen LogP contribution is -2.49. The lowest BCUT2D eigenvalue weighted by molar-refractivity contribution is -0.142. The third kappa shape index (κ3) is 7.46. The second-order valence-electron chi connectivity index (χ2n) is 9.88. The van der Waals surface area contributed by atoms with Crippen molar-refractivity contribution in [1.29, 1.82) is 0 Å². The minimum absolute atomic E-state index is 0.194. The number of anilines is 1. The Bertz CT molecular complexity index is 1000. The maximum absolute atomic E-state index is 12.9. The second-order valence-corrected chi connectivity index (χ2v) is 9.88. The van der Waals surface area contributed by atoms with E-state index in [0.717, 1.165) is 88.1 Å². The predicted molar refractivity (Wildman–Crippen MR) is 137 cm³/mol. The molecule has 0 saturated carbocycles. The van der Waals surface area contributed by atoms with Gasteiger partial charge in [0.2, 0.25) is 5.91 Å². The summed E-state index contributed by atoms with van der Waals surface area (Å²) < 4.78 is 0. The quantitative estimate of drug-likeness (QED) is 0.363.